The van der Waals surface area contributed by atoms with E-state index in [4.69, 9.17) is 10.5 Å². The molecule has 0 aliphatic carbocycles. The smallest absolute Gasteiger partial charge is 0.0469 e. The highest BCUT2D eigenvalue weighted by Gasteiger charge is 2.09. The van der Waals surface area contributed by atoms with Gasteiger partial charge in [0.2, 0.25) is 0 Å². The molecule has 0 saturated carbocycles. The van der Waals surface area contributed by atoms with Crippen molar-refractivity contribution < 1.29 is 4.74 Å². The fourth-order valence-corrected chi connectivity index (χ4v) is 2.22. The molecule has 3 heteroatoms. The zero-order valence-electron chi connectivity index (χ0n) is 10.5. The largest absolute Gasteiger partial charge is 0.381 e. The van der Waals surface area contributed by atoms with Crippen LogP contribution < -0.4 is 5.73 Å². The third-order valence-electron chi connectivity index (χ3n) is 2.82. The highest BCUT2D eigenvalue weighted by Crippen LogP contribution is 2.20. The van der Waals surface area contributed by atoms with E-state index in [-0.39, 0.29) is 0 Å². The molecule has 0 amide bonds. The highest BCUT2D eigenvalue weighted by molar-refractivity contribution is 9.10. The van der Waals surface area contributed by atoms with Gasteiger partial charge in [-0.1, -0.05) is 41.1 Å². The van der Waals surface area contributed by atoms with Gasteiger partial charge >= 0.3 is 0 Å². The Balaban J connectivity index is 2.38. The van der Waals surface area contributed by atoms with Crippen LogP contribution in [0.1, 0.15) is 25.3 Å². The average molecular weight is 300 g/mol. The molecule has 0 bridgehead atoms. The Morgan fingerprint density at radius 2 is 2.06 bits per heavy atom. The van der Waals surface area contributed by atoms with Crippen molar-refractivity contribution in [3.05, 3.63) is 34.3 Å². The zero-order chi connectivity index (χ0) is 12.5. The normalized spacial score (nSPS) is 12.6. The first-order valence-corrected chi connectivity index (χ1v) is 7.08. The highest BCUT2D eigenvalue weighted by atomic mass is 79.9. The van der Waals surface area contributed by atoms with Crippen LogP contribution in [0, 0.1) is 5.92 Å². The van der Waals surface area contributed by atoms with Crippen molar-refractivity contribution in [1.82, 2.24) is 0 Å². The van der Waals surface area contributed by atoms with Crippen LogP contribution >= 0.6 is 15.9 Å². The zero-order valence-corrected chi connectivity index (χ0v) is 12.1. The number of hydrogen-bond acceptors (Lipinski definition) is 2. The fourth-order valence-electron chi connectivity index (χ4n) is 1.77. The van der Waals surface area contributed by atoms with E-state index in [1.54, 1.807) is 0 Å². The van der Waals surface area contributed by atoms with E-state index in [1.807, 2.05) is 6.07 Å². The van der Waals surface area contributed by atoms with E-state index >= 15 is 0 Å². The fraction of sp³-hybridized carbons (Fsp3) is 0.571. The molecule has 1 aromatic carbocycles. The quantitative estimate of drug-likeness (QED) is 0.747. The lowest BCUT2D eigenvalue weighted by Crippen LogP contribution is -2.19. The number of rotatable bonds is 8. The van der Waals surface area contributed by atoms with Crippen molar-refractivity contribution in [2.24, 2.45) is 11.7 Å². The molecule has 96 valence electrons. The molecule has 0 heterocycles. The van der Waals surface area contributed by atoms with Crippen LogP contribution in [0.2, 0.25) is 0 Å². The van der Waals surface area contributed by atoms with Crippen LogP contribution in [0.4, 0.5) is 0 Å². The Morgan fingerprint density at radius 1 is 1.29 bits per heavy atom. The van der Waals surface area contributed by atoms with Gasteiger partial charge in [-0.15, -0.1) is 0 Å². The molecule has 2 nitrogen and oxygen atoms in total. The maximum Gasteiger partial charge on any atom is 0.0469 e. The lowest BCUT2D eigenvalue weighted by Gasteiger charge is -2.15. The third kappa shape index (κ3) is 5.66. The summed E-state index contributed by atoms with van der Waals surface area (Å²) < 4.78 is 6.69. The van der Waals surface area contributed by atoms with Gasteiger partial charge in [-0.3, -0.25) is 0 Å². The van der Waals surface area contributed by atoms with Crippen LogP contribution in [0.25, 0.3) is 0 Å². The number of benzene rings is 1. The topological polar surface area (TPSA) is 35.2 Å². The van der Waals surface area contributed by atoms with Crippen LogP contribution in [0.15, 0.2) is 28.7 Å². The van der Waals surface area contributed by atoms with Crippen LogP contribution in [0.3, 0.4) is 0 Å². The maximum atomic E-state index is 5.81. The minimum Gasteiger partial charge on any atom is -0.381 e. The second kappa shape index (κ2) is 8.67. The van der Waals surface area contributed by atoms with E-state index in [2.05, 4.69) is 41.1 Å². The summed E-state index contributed by atoms with van der Waals surface area (Å²) in [6.07, 6.45) is 3.14. The molecule has 0 aliphatic heterocycles. The van der Waals surface area contributed by atoms with Gasteiger partial charge in [0.05, 0.1) is 0 Å². The van der Waals surface area contributed by atoms with Gasteiger partial charge < -0.3 is 10.5 Å². The molecule has 0 aromatic heterocycles. The Labute approximate surface area is 113 Å². The van der Waals surface area contributed by atoms with Gasteiger partial charge in [-0.25, -0.2) is 0 Å². The summed E-state index contributed by atoms with van der Waals surface area (Å²) in [6, 6.07) is 8.34. The summed E-state index contributed by atoms with van der Waals surface area (Å²) in [5, 5.41) is 0. The number of halogens is 1. The minimum absolute atomic E-state index is 0.505. The Bertz CT molecular complexity index is 317. The monoisotopic (exact) mass is 299 g/mol. The van der Waals surface area contributed by atoms with Crippen molar-refractivity contribution in [1.29, 1.82) is 0 Å². The van der Waals surface area contributed by atoms with E-state index < -0.39 is 0 Å². The van der Waals surface area contributed by atoms with Gasteiger partial charge in [-0.05, 0) is 43.4 Å². The average Bonchev–Trinajstić information content (AvgIpc) is 2.35. The van der Waals surface area contributed by atoms with E-state index in [0.717, 1.165) is 39.0 Å². The second-order valence-electron chi connectivity index (χ2n) is 4.30. The lowest BCUT2D eigenvalue weighted by atomic mass is 9.97. The van der Waals surface area contributed by atoms with Crippen molar-refractivity contribution in [3.63, 3.8) is 0 Å². The molecule has 1 unspecified atom stereocenters. The summed E-state index contributed by atoms with van der Waals surface area (Å²) in [7, 11) is 0. The molecule has 2 N–H and O–H groups in total. The Hall–Kier alpha value is -0.380. The molecule has 1 rings (SSSR count). The Morgan fingerprint density at radius 3 is 2.71 bits per heavy atom. The molecule has 0 spiro atoms. The summed E-state index contributed by atoms with van der Waals surface area (Å²) in [6.45, 7) is 4.52. The molecule has 1 atom stereocenters. The summed E-state index contributed by atoms with van der Waals surface area (Å²) in [5.74, 6) is 0.505. The van der Waals surface area contributed by atoms with Gasteiger partial charge in [0.15, 0.2) is 0 Å². The van der Waals surface area contributed by atoms with E-state index in [9.17, 15) is 0 Å². The number of ether oxygens (including phenoxy) is 1. The predicted molar refractivity (Wildman–Crippen MR) is 76.1 cm³/mol. The summed E-state index contributed by atoms with van der Waals surface area (Å²) in [5.41, 5.74) is 7.15. The minimum atomic E-state index is 0.505. The lowest BCUT2D eigenvalue weighted by molar-refractivity contribution is 0.121. The van der Waals surface area contributed by atoms with Crippen LogP contribution in [0.5, 0.6) is 0 Å². The van der Waals surface area contributed by atoms with Gasteiger partial charge in [0, 0.05) is 17.7 Å². The maximum absolute atomic E-state index is 5.81. The second-order valence-corrected chi connectivity index (χ2v) is 5.15. The van der Waals surface area contributed by atoms with Crippen LogP contribution in [-0.2, 0) is 11.2 Å². The third-order valence-corrected chi connectivity index (χ3v) is 3.59. The van der Waals surface area contributed by atoms with Crippen molar-refractivity contribution >= 4 is 15.9 Å². The molecule has 0 fully saturated rings. The molecule has 0 saturated heterocycles. The molecule has 1 aromatic rings. The Kier molecular flexibility index (Phi) is 7.49. The first-order chi connectivity index (χ1) is 8.27. The van der Waals surface area contributed by atoms with E-state index in [0.29, 0.717) is 5.92 Å². The predicted octanol–water partition coefficient (Wildman–Crippen LogP) is 3.38. The van der Waals surface area contributed by atoms with Crippen molar-refractivity contribution in [3.8, 4) is 0 Å². The standard InChI is InChI=1S/C14H22BrNO/c1-2-8-17-9-7-12(11-16)10-13-5-3-4-6-14(13)15/h3-6,12H,2,7-11,16H2,1H3. The van der Waals surface area contributed by atoms with Gasteiger partial charge in [-0.2, -0.15) is 0 Å². The van der Waals surface area contributed by atoms with Crippen molar-refractivity contribution in [2.75, 3.05) is 19.8 Å². The molecular weight excluding hydrogens is 278 g/mol. The molecular formula is C14H22BrNO. The number of nitrogens with two attached hydrogens (primary N) is 1. The van der Waals surface area contributed by atoms with Crippen LogP contribution in [-0.4, -0.2) is 19.8 Å². The van der Waals surface area contributed by atoms with E-state index in [1.165, 1.54) is 10.0 Å². The first-order valence-electron chi connectivity index (χ1n) is 6.29. The summed E-state index contributed by atoms with van der Waals surface area (Å²) >= 11 is 3.57. The molecule has 0 radical (unpaired) electrons. The summed E-state index contributed by atoms with van der Waals surface area (Å²) in [4.78, 5) is 0. The molecule has 0 aliphatic rings. The first kappa shape index (κ1) is 14.7. The van der Waals surface area contributed by atoms with Crippen molar-refractivity contribution in [2.45, 2.75) is 26.2 Å². The number of hydrogen-bond donors (Lipinski definition) is 1. The van der Waals surface area contributed by atoms with Gasteiger partial charge in [0.1, 0.15) is 0 Å². The molecule has 17 heavy (non-hydrogen) atoms. The van der Waals surface area contributed by atoms with Gasteiger partial charge in [0.25, 0.3) is 0 Å². The SMILES string of the molecule is CCCOCCC(CN)Cc1ccccc1Br.